The van der Waals surface area contributed by atoms with Gasteiger partial charge in [0.25, 0.3) is 0 Å². The fourth-order valence-corrected chi connectivity index (χ4v) is 3.21. The summed E-state index contributed by atoms with van der Waals surface area (Å²) in [7, 11) is 0. The summed E-state index contributed by atoms with van der Waals surface area (Å²) < 4.78 is 44.0. The predicted molar refractivity (Wildman–Crippen MR) is 71.5 cm³/mol. The third-order valence-corrected chi connectivity index (χ3v) is 4.54. The second-order valence-electron chi connectivity index (χ2n) is 6.13. The minimum atomic E-state index is -4.20. The van der Waals surface area contributed by atoms with Crippen LogP contribution < -0.4 is 5.73 Å². The van der Waals surface area contributed by atoms with E-state index in [1.165, 1.54) is 0 Å². The van der Waals surface area contributed by atoms with E-state index in [1.54, 1.807) is 4.90 Å². The maximum atomic E-state index is 12.9. The third-order valence-electron chi connectivity index (χ3n) is 4.54. The zero-order valence-corrected chi connectivity index (χ0v) is 12.2. The van der Waals surface area contributed by atoms with E-state index in [2.05, 4.69) is 0 Å². The summed E-state index contributed by atoms with van der Waals surface area (Å²) >= 11 is 0. The molecule has 4 atom stereocenters. The Labute approximate surface area is 122 Å². The molecule has 2 N–H and O–H groups in total. The van der Waals surface area contributed by atoms with Crippen LogP contribution in [0.4, 0.5) is 13.2 Å². The van der Waals surface area contributed by atoms with Gasteiger partial charge in [0, 0.05) is 19.0 Å². The van der Waals surface area contributed by atoms with Crippen LogP contribution in [-0.2, 0) is 9.53 Å². The third kappa shape index (κ3) is 3.88. The van der Waals surface area contributed by atoms with Gasteiger partial charge in [0.1, 0.15) is 0 Å². The number of alkyl halides is 3. The fraction of sp³-hybridized carbons (Fsp3) is 0.929. The number of nitrogens with two attached hydrogens (primary N) is 1. The molecule has 0 aromatic carbocycles. The molecule has 122 valence electrons. The molecule has 2 aliphatic rings. The van der Waals surface area contributed by atoms with Crippen molar-refractivity contribution in [2.75, 3.05) is 19.7 Å². The minimum Gasteiger partial charge on any atom is -0.373 e. The number of nitrogens with zero attached hydrogens (tertiary/aromatic N) is 1. The topological polar surface area (TPSA) is 55.6 Å². The van der Waals surface area contributed by atoms with Crippen LogP contribution in [0.3, 0.4) is 0 Å². The Hall–Kier alpha value is -0.820. The van der Waals surface area contributed by atoms with Crippen LogP contribution in [0.2, 0.25) is 0 Å². The van der Waals surface area contributed by atoms with Crippen molar-refractivity contribution in [2.24, 2.45) is 17.6 Å². The van der Waals surface area contributed by atoms with Gasteiger partial charge in [-0.3, -0.25) is 4.79 Å². The molecular formula is C14H23F3N2O2. The number of hydrogen-bond donors (Lipinski definition) is 1. The van der Waals surface area contributed by atoms with Crippen LogP contribution in [-0.4, -0.2) is 48.8 Å². The maximum Gasteiger partial charge on any atom is 0.391 e. The van der Waals surface area contributed by atoms with Gasteiger partial charge in [-0.2, -0.15) is 13.2 Å². The number of halogens is 3. The number of hydrogen-bond acceptors (Lipinski definition) is 3. The Kier molecular flexibility index (Phi) is 5.14. The van der Waals surface area contributed by atoms with Crippen molar-refractivity contribution in [3.05, 3.63) is 0 Å². The highest BCUT2D eigenvalue weighted by Crippen LogP contribution is 2.40. The van der Waals surface area contributed by atoms with E-state index in [0.717, 1.165) is 0 Å². The summed E-state index contributed by atoms with van der Waals surface area (Å²) in [5, 5.41) is 0. The van der Waals surface area contributed by atoms with Gasteiger partial charge in [0.15, 0.2) is 0 Å². The van der Waals surface area contributed by atoms with E-state index in [0.29, 0.717) is 32.5 Å². The largest absolute Gasteiger partial charge is 0.391 e. The molecule has 0 aromatic rings. The summed E-state index contributed by atoms with van der Waals surface area (Å²) in [4.78, 5) is 14.2. The summed E-state index contributed by atoms with van der Waals surface area (Å²) in [6.07, 6.45) is -3.36. The lowest BCUT2D eigenvalue weighted by Crippen LogP contribution is -2.55. The molecule has 1 saturated heterocycles. The Morgan fingerprint density at radius 3 is 2.71 bits per heavy atom. The minimum absolute atomic E-state index is 0.0836. The lowest BCUT2D eigenvalue weighted by molar-refractivity contribution is -0.188. The number of morpholine rings is 1. The molecule has 2 fully saturated rings. The van der Waals surface area contributed by atoms with E-state index in [9.17, 15) is 18.0 Å². The molecule has 1 saturated carbocycles. The highest BCUT2D eigenvalue weighted by Gasteiger charge is 2.45. The Morgan fingerprint density at radius 1 is 1.38 bits per heavy atom. The number of carbonyl (C=O) groups excluding carboxylic acids is 1. The van der Waals surface area contributed by atoms with Crippen molar-refractivity contribution < 1.29 is 22.7 Å². The number of ether oxygens (including phenoxy) is 1. The van der Waals surface area contributed by atoms with Crippen molar-refractivity contribution in [1.29, 1.82) is 0 Å². The molecule has 4 nitrogen and oxygen atoms in total. The van der Waals surface area contributed by atoms with Crippen LogP contribution in [0.1, 0.15) is 32.6 Å². The van der Waals surface area contributed by atoms with E-state index < -0.39 is 18.0 Å². The van der Waals surface area contributed by atoms with E-state index in [-0.39, 0.29) is 30.9 Å². The Balaban J connectivity index is 2.01. The molecule has 0 aromatic heterocycles. The lowest BCUT2D eigenvalue weighted by atomic mass is 9.80. The molecule has 0 bridgehead atoms. The van der Waals surface area contributed by atoms with E-state index in [1.807, 2.05) is 6.92 Å². The zero-order valence-electron chi connectivity index (χ0n) is 12.2. The van der Waals surface area contributed by atoms with Crippen molar-refractivity contribution in [3.8, 4) is 0 Å². The zero-order chi connectivity index (χ0) is 15.6. The molecule has 1 amide bonds. The molecule has 0 radical (unpaired) electrons. The second kappa shape index (κ2) is 6.52. The van der Waals surface area contributed by atoms with Gasteiger partial charge < -0.3 is 15.4 Å². The van der Waals surface area contributed by atoms with Gasteiger partial charge >= 0.3 is 6.18 Å². The highest BCUT2D eigenvalue weighted by atomic mass is 19.4. The second-order valence-corrected chi connectivity index (χ2v) is 6.13. The average Bonchev–Trinajstić information content (AvgIpc) is 2.46. The molecule has 2 rings (SSSR count). The summed E-state index contributed by atoms with van der Waals surface area (Å²) in [5.74, 6) is -2.04. The number of rotatable bonds is 2. The maximum absolute atomic E-state index is 12.9. The highest BCUT2D eigenvalue weighted by molar-refractivity contribution is 5.79. The smallest absolute Gasteiger partial charge is 0.373 e. The first-order chi connectivity index (χ1) is 9.82. The van der Waals surface area contributed by atoms with Crippen LogP contribution in [0.25, 0.3) is 0 Å². The van der Waals surface area contributed by atoms with E-state index >= 15 is 0 Å². The van der Waals surface area contributed by atoms with Crippen LogP contribution >= 0.6 is 0 Å². The molecule has 1 heterocycles. The first-order valence-corrected chi connectivity index (χ1v) is 7.51. The first kappa shape index (κ1) is 16.5. The normalized spacial score (nSPS) is 34.8. The van der Waals surface area contributed by atoms with Crippen LogP contribution in [0.5, 0.6) is 0 Å². The van der Waals surface area contributed by atoms with Gasteiger partial charge in [-0.05, 0) is 26.2 Å². The predicted octanol–water partition coefficient (Wildman–Crippen LogP) is 1.93. The standard InChI is InChI=1S/C14H23F3N2O2/c1-9-8-21-12(6-18)7-19(9)13(20)10-3-2-4-11(5-10)14(15,16)17/h9-12H,2-8,18H2,1H3. The summed E-state index contributed by atoms with van der Waals surface area (Å²) in [6, 6.07) is -0.105. The van der Waals surface area contributed by atoms with Gasteiger partial charge in [-0.15, -0.1) is 0 Å². The van der Waals surface area contributed by atoms with Crippen molar-refractivity contribution in [3.63, 3.8) is 0 Å². The Morgan fingerprint density at radius 2 is 2.10 bits per heavy atom. The van der Waals surface area contributed by atoms with Crippen LogP contribution in [0.15, 0.2) is 0 Å². The molecule has 7 heteroatoms. The molecule has 21 heavy (non-hydrogen) atoms. The summed E-state index contributed by atoms with van der Waals surface area (Å²) in [6.45, 7) is 2.94. The lowest BCUT2D eigenvalue weighted by Gasteiger charge is -2.41. The molecule has 4 unspecified atom stereocenters. The monoisotopic (exact) mass is 308 g/mol. The molecule has 1 aliphatic heterocycles. The molecular weight excluding hydrogens is 285 g/mol. The van der Waals surface area contributed by atoms with Crippen molar-refractivity contribution in [2.45, 2.75) is 50.9 Å². The van der Waals surface area contributed by atoms with Crippen molar-refractivity contribution in [1.82, 2.24) is 4.90 Å². The Bertz CT molecular complexity index is 376. The molecule has 0 spiro atoms. The first-order valence-electron chi connectivity index (χ1n) is 7.51. The van der Waals surface area contributed by atoms with Gasteiger partial charge in [-0.1, -0.05) is 6.42 Å². The average molecular weight is 308 g/mol. The SMILES string of the molecule is CC1COC(CN)CN1C(=O)C1CCCC(C(F)(F)F)C1. The van der Waals surface area contributed by atoms with E-state index in [4.69, 9.17) is 10.5 Å². The van der Waals surface area contributed by atoms with Gasteiger partial charge in [0.2, 0.25) is 5.91 Å². The molecule has 1 aliphatic carbocycles. The van der Waals surface area contributed by atoms with Gasteiger partial charge in [-0.25, -0.2) is 0 Å². The number of amides is 1. The summed E-state index contributed by atoms with van der Waals surface area (Å²) in [5.41, 5.74) is 5.56. The van der Waals surface area contributed by atoms with Crippen molar-refractivity contribution >= 4 is 5.91 Å². The number of carbonyl (C=O) groups is 1. The van der Waals surface area contributed by atoms with Crippen LogP contribution in [0, 0.1) is 11.8 Å². The fourth-order valence-electron chi connectivity index (χ4n) is 3.21. The van der Waals surface area contributed by atoms with Gasteiger partial charge in [0.05, 0.1) is 24.7 Å². The quantitative estimate of drug-likeness (QED) is 0.848.